The van der Waals surface area contributed by atoms with Crippen LogP contribution in [0.2, 0.25) is 0 Å². The summed E-state index contributed by atoms with van der Waals surface area (Å²) in [6.45, 7) is 0.850. The average Bonchev–Trinajstić information content (AvgIpc) is 2.18. The fraction of sp³-hybridized carbons (Fsp3) is 0.364. The van der Waals surface area contributed by atoms with Gasteiger partial charge in [0.1, 0.15) is 0 Å². The maximum absolute atomic E-state index is 10.5. The maximum Gasteiger partial charge on any atom is 0.221 e. The molecule has 0 saturated carbocycles. The lowest BCUT2D eigenvalue weighted by atomic mass is 10.2. The predicted molar refractivity (Wildman–Crippen MR) is 59.8 cm³/mol. The Hall–Kier alpha value is -1.02. The van der Waals surface area contributed by atoms with E-state index in [0.29, 0.717) is 6.42 Å². The summed E-state index contributed by atoms with van der Waals surface area (Å²) in [6.07, 6.45) is 1.24. The molecule has 0 radical (unpaired) electrons. The van der Waals surface area contributed by atoms with E-state index in [1.165, 1.54) is 0 Å². The van der Waals surface area contributed by atoms with Crippen LogP contribution in [0.25, 0.3) is 0 Å². The Bertz CT molecular complexity index is 287. The zero-order valence-corrected chi connectivity index (χ0v) is 9.00. The lowest BCUT2D eigenvalue weighted by Gasteiger charge is -2.18. The summed E-state index contributed by atoms with van der Waals surface area (Å²) in [5.41, 5.74) is 1.16. The summed E-state index contributed by atoms with van der Waals surface area (Å²) in [4.78, 5) is 12.6. The second-order valence-electron chi connectivity index (χ2n) is 3.22. The van der Waals surface area contributed by atoms with Crippen molar-refractivity contribution in [3.63, 3.8) is 0 Å². The molecule has 0 atom stereocenters. The monoisotopic (exact) mass is 211 g/mol. The predicted octanol–water partition coefficient (Wildman–Crippen LogP) is 2.67. The molecular formula is C11H14ClNO. The average molecular weight is 212 g/mol. The molecule has 1 rings (SSSR count). The molecule has 0 spiro atoms. The largest absolute Gasteiger partial charge is 0.375 e. The minimum Gasteiger partial charge on any atom is -0.375 e. The van der Waals surface area contributed by atoms with Gasteiger partial charge in [-0.3, -0.25) is 4.79 Å². The highest BCUT2D eigenvalue weighted by Gasteiger charge is 2.01. The van der Waals surface area contributed by atoms with Gasteiger partial charge in [0, 0.05) is 25.7 Å². The molecule has 0 aromatic heterocycles. The minimum atomic E-state index is -0.258. The number of hydrogen-bond acceptors (Lipinski definition) is 2. The van der Waals surface area contributed by atoms with Crippen molar-refractivity contribution < 1.29 is 4.79 Å². The van der Waals surface area contributed by atoms with Crippen molar-refractivity contribution in [2.45, 2.75) is 12.8 Å². The molecule has 0 amide bonds. The molecule has 1 aromatic rings. The van der Waals surface area contributed by atoms with E-state index in [1.807, 2.05) is 37.4 Å². The Balaban J connectivity index is 2.36. The molecule has 0 aliphatic carbocycles. The smallest absolute Gasteiger partial charge is 0.221 e. The third-order valence-corrected chi connectivity index (χ3v) is 2.25. The van der Waals surface area contributed by atoms with Gasteiger partial charge in [0.25, 0.3) is 0 Å². The molecule has 0 heterocycles. The van der Waals surface area contributed by atoms with Gasteiger partial charge in [0.2, 0.25) is 5.24 Å². The van der Waals surface area contributed by atoms with Crippen molar-refractivity contribution in [3.8, 4) is 0 Å². The van der Waals surface area contributed by atoms with E-state index >= 15 is 0 Å². The highest BCUT2D eigenvalue weighted by molar-refractivity contribution is 6.63. The van der Waals surface area contributed by atoms with E-state index < -0.39 is 0 Å². The van der Waals surface area contributed by atoms with E-state index in [1.54, 1.807) is 0 Å². The van der Waals surface area contributed by atoms with Crippen LogP contribution in [0, 0.1) is 0 Å². The Morgan fingerprint density at radius 3 is 2.57 bits per heavy atom. The van der Waals surface area contributed by atoms with E-state index in [0.717, 1.165) is 18.7 Å². The molecule has 0 unspecified atom stereocenters. The summed E-state index contributed by atoms with van der Waals surface area (Å²) in [5, 5.41) is -0.258. The van der Waals surface area contributed by atoms with Crippen molar-refractivity contribution in [1.29, 1.82) is 0 Å². The molecular weight excluding hydrogens is 198 g/mol. The minimum absolute atomic E-state index is 0.258. The lowest BCUT2D eigenvalue weighted by Crippen LogP contribution is -2.18. The number of anilines is 1. The number of nitrogens with zero attached hydrogens (tertiary/aromatic N) is 1. The van der Waals surface area contributed by atoms with Gasteiger partial charge < -0.3 is 4.90 Å². The Morgan fingerprint density at radius 2 is 2.00 bits per heavy atom. The van der Waals surface area contributed by atoms with Crippen LogP contribution in [0.3, 0.4) is 0 Å². The summed E-state index contributed by atoms with van der Waals surface area (Å²) < 4.78 is 0. The van der Waals surface area contributed by atoms with Crippen LogP contribution in [0.1, 0.15) is 12.8 Å². The quantitative estimate of drug-likeness (QED) is 0.698. The normalized spacial score (nSPS) is 9.86. The fourth-order valence-electron chi connectivity index (χ4n) is 1.27. The second-order valence-corrected chi connectivity index (χ2v) is 3.64. The summed E-state index contributed by atoms with van der Waals surface area (Å²) in [6, 6.07) is 10.1. The van der Waals surface area contributed by atoms with Gasteiger partial charge in [-0.15, -0.1) is 0 Å². The first-order chi connectivity index (χ1) is 6.70. The standard InChI is InChI=1S/C11H14ClNO/c1-13(9-5-8-11(12)14)10-6-3-2-4-7-10/h2-4,6-7H,5,8-9H2,1H3. The number of para-hydroxylation sites is 1. The zero-order chi connectivity index (χ0) is 10.4. The molecule has 0 aliphatic rings. The van der Waals surface area contributed by atoms with Crippen LogP contribution in [0.4, 0.5) is 5.69 Å². The van der Waals surface area contributed by atoms with Crippen LogP contribution >= 0.6 is 11.6 Å². The zero-order valence-electron chi connectivity index (χ0n) is 8.24. The summed E-state index contributed by atoms with van der Waals surface area (Å²) in [7, 11) is 2.01. The SMILES string of the molecule is CN(CCCC(=O)Cl)c1ccccc1. The van der Waals surface area contributed by atoms with Crippen molar-refractivity contribution in [1.82, 2.24) is 0 Å². The van der Waals surface area contributed by atoms with Gasteiger partial charge in [-0.1, -0.05) is 18.2 Å². The van der Waals surface area contributed by atoms with Gasteiger partial charge in [0.15, 0.2) is 0 Å². The molecule has 14 heavy (non-hydrogen) atoms. The van der Waals surface area contributed by atoms with Crippen LogP contribution < -0.4 is 4.90 Å². The Kier molecular flexibility index (Phi) is 4.47. The Morgan fingerprint density at radius 1 is 1.36 bits per heavy atom. The van der Waals surface area contributed by atoms with Crippen molar-refractivity contribution in [3.05, 3.63) is 30.3 Å². The van der Waals surface area contributed by atoms with E-state index in [2.05, 4.69) is 4.90 Å². The maximum atomic E-state index is 10.5. The number of halogens is 1. The van der Waals surface area contributed by atoms with E-state index in [-0.39, 0.29) is 5.24 Å². The first-order valence-corrected chi connectivity index (χ1v) is 5.02. The molecule has 0 aliphatic heterocycles. The number of carbonyl (C=O) groups is 1. The fourth-order valence-corrected chi connectivity index (χ4v) is 1.40. The molecule has 0 saturated heterocycles. The molecule has 2 nitrogen and oxygen atoms in total. The van der Waals surface area contributed by atoms with Crippen LogP contribution in [0.5, 0.6) is 0 Å². The molecule has 0 N–H and O–H groups in total. The van der Waals surface area contributed by atoms with Crippen LogP contribution in [-0.2, 0) is 4.79 Å². The number of benzene rings is 1. The molecule has 0 fully saturated rings. The lowest BCUT2D eigenvalue weighted by molar-refractivity contribution is -0.111. The van der Waals surface area contributed by atoms with Gasteiger partial charge in [-0.2, -0.15) is 0 Å². The molecule has 1 aromatic carbocycles. The third-order valence-electron chi connectivity index (χ3n) is 2.06. The van der Waals surface area contributed by atoms with E-state index in [9.17, 15) is 4.79 Å². The topological polar surface area (TPSA) is 20.3 Å². The van der Waals surface area contributed by atoms with Crippen molar-refractivity contribution in [2.24, 2.45) is 0 Å². The first kappa shape index (κ1) is 11.1. The van der Waals surface area contributed by atoms with Crippen LogP contribution in [0.15, 0.2) is 30.3 Å². The van der Waals surface area contributed by atoms with Gasteiger partial charge >= 0.3 is 0 Å². The van der Waals surface area contributed by atoms with E-state index in [4.69, 9.17) is 11.6 Å². The first-order valence-electron chi connectivity index (χ1n) is 4.64. The highest BCUT2D eigenvalue weighted by Crippen LogP contribution is 2.11. The number of hydrogen-bond donors (Lipinski definition) is 0. The van der Waals surface area contributed by atoms with Gasteiger partial charge in [-0.05, 0) is 30.2 Å². The molecule has 3 heteroatoms. The number of carbonyl (C=O) groups excluding carboxylic acids is 1. The molecule has 0 bridgehead atoms. The third kappa shape index (κ3) is 3.79. The van der Waals surface area contributed by atoms with Crippen molar-refractivity contribution in [2.75, 3.05) is 18.5 Å². The summed E-state index contributed by atoms with van der Waals surface area (Å²) >= 11 is 5.25. The van der Waals surface area contributed by atoms with Gasteiger partial charge in [-0.25, -0.2) is 0 Å². The number of rotatable bonds is 5. The highest BCUT2D eigenvalue weighted by atomic mass is 35.5. The van der Waals surface area contributed by atoms with Crippen LogP contribution in [-0.4, -0.2) is 18.8 Å². The van der Waals surface area contributed by atoms with Gasteiger partial charge in [0.05, 0.1) is 0 Å². The molecule has 76 valence electrons. The van der Waals surface area contributed by atoms with Crippen molar-refractivity contribution >= 4 is 22.5 Å². The summed E-state index contributed by atoms with van der Waals surface area (Å²) in [5.74, 6) is 0. The second kappa shape index (κ2) is 5.66. The Labute approximate surface area is 89.5 Å².